The van der Waals surface area contributed by atoms with Crippen molar-refractivity contribution >= 4 is 12.1 Å². The van der Waals surface area contributed by atoms with Gasteiger partial charge in [0.05, 0.1) is 0 Å². The Morgan fingerprint density at radius 2 is 1.65 bits per heavy atom. The lowest BCUT2D eigenvalue weighted by molar-refractivity contribution is -0.119. The molecule has 0 saturated heterocycles. The van der Waals surface area contributed by atoms with Crippen LogP contribution in [-0.4, -0.2) is 12.1 Å². The van der Waals surface area contributed by atoms with Crippen LogP contribution in [0.3, 0.4) is 0 Å². The van der Waals surface area contributed by atoms with E-state index in [-0.39, 0.29) is 28.4 Å². The Kier molecular flexibility index (Phi) is 2.60. The lowest BCUT2D eigenvalue weighted by Crippen LogP contribution is -2.50. The fraction of sp³-hybridized carbons (Fsp3) is 0.333. The van der Waals surface area contributed by atoms with Gasteiger partial charge >= 0.3 is 0 Å². The summed E-state index contributed by atoms with van der Waals surface area (Å²) in [5.74, 6) is 1.44. The summed E-state index contributed by atoms with van der Waals surface area (Å²) < 4.78 is 0. The Labute approximate surface area is 152 Å². The van der Waals surface area contributed by atoms with E-state index >= 15 is 0 Å². The van der Waals surface area contributed by atoms with E-state index < -0.39 is 0 Å². The standard InChI is InChI=1S/C24H20O2/c25-14-24-19-12-11-17(19)18-13-23(24,16-9-5-2-6-10-16)22(24)20(18)21(26)15-7-3-1-4-8-15/h1-12,14,17-20,22H,13H2/t17-,18+,19-,20+,22-,23-,24-/m1/s1. The minimum Gasteiger partial charge on any atom is -0.303 e. The molecule has 0 amide bonds. The summed E-state index contributed by atoms with van der Waals surface area (Å²) in [6.45, 7) is 0. The van der Waals surface area contributed by atoms with Crippen LogP contribution in [0.1, 0.15) is 22.3 Å². The second-order valence-corrected chi connectivity index (χ2v) is 8.48. The number of carbonyl (C=O) groups is 2. The summed E-state index contributed by atoms with van der Waals surface area (Å²) in [5.41, 5.74) is 1.53. The van der Waals surface area contributed by atoms with Crippen molar-refractivity contribution in [1.82, 2.24) is 0 Å². The van der Waals surface area contributed by atoms with Crippen LogP contribution < -0.4 is 0 Å². The number of allylic oxidation sites excluding steroid dienone is 2. The number of rotatable bonds is 4. The summed E-state index contributed by atoms with van der Waals surface area (Å²) in [6, 6.07) is 20.1. The third-order valence-corrected chi connectivity index (χ3v) is 7.96. The van der Waals surface area contributed by atoms with E-state index in [1.807, 2.05) is 36.4 Å². The number of Topliss-reactive ketones (excluding diaryl/α,β-unsaturated/α-hetero) is 1. The van der Waals surface area contributed by atoms with Gasteiger partial charge < -0.3 is 4.79 Å². The van der Waals surface area contributed by atoms with Gasteiger partial charge in [0.25, 0.3) is 0 Å². The second kappa shape index (κ2) is 4.62. The van der Waals surface area contributed by atoms with Gasteiger partial charge in [-0.25, -0.2) is 0 Å². The summed E-state index contributed by atoms with van der Waals surface area (Å²) in [7, 11) is 0. The number of fused-ring (bicyclic) bond motifs is 5. The van der Waals surface area contributed by atoms with Crippen molar-refractivity contribution in [3.8, 4) is 0 Å². The van der Waals surface area contributed by atoms with Crippen LogP contribution in [0.25, 0.3) is 0 Å². The van der Waals surface area contributed by atoms with E-state index in [9.17, 15) is 9.59 Å². The maximum absolute atomic E-state index is 13.4. The van der Waals surface area contributed by atoms with Crippen molar-refractivity contribution in [1.29, 1.82) is 0 Å². The lowest BCUT2D eigenvalue weighted by Gasteiger charge is -2.50. The van der Waals surface area contributed by atoms with Crippen molar-refractivity contribution in [3.63, 3.8) is 0 Å². The monoisotopic (exact) mass is 340 g/mol. The number of carbonyl (C=O) groups excluding carboxylic acids is 2. The Bertz CT molecular complexity index is 947. The topological polar surface area (TPSA) is 34.1 Å². The molecule has 0 spiro atoms. The first-order chi connectivity index (χ1) is 12.8. The average molecular weight is 340 g/mol. The molecule has 26 heavy (non-hydrogen) atoms. The number of hydrogen-bond acceptors (Lipinski definition) is 2. The van der Waals surface area contributed by atoms with Crippen molar-refractivity contribution in [3.05, 3.63) is 83.9 Å². The van der Waals surface area contributed by atoms with Crippen molar-refractivity contribution in [2.45, 2.75) is 11.8 Å². The van der Waals surface area contributed by atoms with Crippen LogP contribution in [0, 0.1) is 35.0 Å². The minimum atomic E-state index is -0.377. The summed E-state index contributed by atoms with van der Waals surface area (Å²) in [6.07, 6.45) is 6.66. The smallest absolute Gasteiger partial charge is 0.166 e. The molecular formula is C24H20O2. The van der Waals surface area contributed by atoms with Crippen LogP contribution in [0.4, 0.5) is 0 Å². The van der Waals surface area contributed by atoms with E-state index in [1.54, 1.807) is 0 Å². The average Bonchev–Trinajstić information content (AvgIpc) is 3.09. The highest BCUT2D eigenvalue weighted by molar-refractivity contribution is 6.00. The molecule has 0 aliphatic heterocycles. The maximum atomic E-state index is 13.4. The zero-order valence-corrected chi connectivity index (χ0v) is 14.4. The van der Waals surface area contributed by atoms with Crippen molar-refractivity contribution in [2.75, 3.05) is 0 Å². The van der Waals surface area contributed by atoms with E-state index in [1.165, 1.54) is 11.8 Å². The molecule has 2 heteroatoms. The van der Waals surface area contributed by atoms with Crippen molar-refractivity contribution in [2.24, 2.45) is 35.0 Å². The van der Waals surface area contributed by atoms with E-state index in [4.69, 9.17) is 0 Å². The normalized spacial score (nSPS) is 43.3. The van der Waals surface area contributed by atoms with Crippen LogP contribution in [0.15, 0.2) is 72.8 Å². The highest BCUT2D eigenvalue weighted by atomic mass is 16.1. The molecule has 3 fully saturated rings. The summed E-state index contributed by atoms with van der Waals surface area (Å²) in [5, 5.41) is 0. The molecule has 2 aromatic carbocycles. The molecule has 2 nitrogen and oxygen atoms in total. The Morgan fingerprint density at radius 1 is 0.962 bits per heavy atom. The number of aldehydes is 1. The van der Waals surface area contributed by atoms with Crippen LogP contribution in [0.2, 0.25) is 0 Å². The molecule has 2 aromatic rings. The van der Waals surface area contributed by atoms with Crippen molar-refractivity contribution < 1.29 is 9.59 Å². The second-order valence-electron chi connectivity index (χ2n) is 8.48. The maximum Gasteiger partial charge on any atom is 0.166 e. The molecule has 0 heterocycles. The number of ketones is 1. The third-order valence-electron chi connectivity index (χ3n) is 7.96. The van der Waals surface area contributed by atoms with Gasteiger partial charge in [-0.15, -0.1) is 0 Å². The third kappa shape index (κ3) is 1.36. The largest absolute Gasteiger partial charge is 0.303 e. The summed E-state index contributed by atoms with van der Waals surface area (Å²) in [4.78, 5) is 25.9. The molecule has 0 unspecified atom stereocenters. The Morgan fingerprint density at radius 3 is 2.27 bits per heavy atom. The zero-order valence-electron chi connectivity index (χ0n) is 14.4. The number of benzene rings is 2. The quantitative estimate of drug-likeness (QED) is 0.477. The molecule has 7 atom stereocenters. The lowest BCUT2D eigenvalue weighted by atomic mass is 9.52. The molecule has 0 N–H and O–H groups in total. The van der Waals surface area contributed by atoms with Gasteiger partial charge in [-0.2, -0.15) is 0 Å². The molecule has 4 aliphatic carbocycles. The van der Waals surface area contributed by atoms with Gasteiger partial charge in [0, 0.05) is 22.3 Å². The van der Waals surface area contributed by atoms with Crippen LogP contribution in [0.5, 0.6) is 0 Å². The Hall–Kier alpha value is -2.48. The molecule has 3 saturated carbocycles. The Balaban J connectivity index is 1.52. The van der Waals surface area contributed by atoms with Gasteiger partial charge in [0.2, 0.25) is 0 Å². The van der Waals surface area contributed by atoms with Gasteiger partial charge in [-0.1, -0.05) is 72.8 Å². The van der Waals surface area contributed by atoms with E-state index in [0.29, 0.717) is 17.8 Å². The number of hydrogen-bond donors (Lipinski definition) is 0. The van der Waals surface area contributed by atoms with E-state index in [0.717, 1.165) is 12.0 Å². The minimum absolute atomic E-state index is 0.0333. The van der Waals surface area contributed by atoms with Gasteiger partial charge in [-0.05, 0) is 35.7 Å². The molecule has 128 valence electrons. The SMILES string of the molecule is O=C[C@]12[C@@H]3C=C[C@@H]3[C@@H]3C[C@@]1(c1ccccc1)[C@H]2[C@@H]3C(=O)c1ccccc1. The van der Waals surface area contributed by atoms with Crippen LogP contribution >= 0.6 is 0 Å². The zero-order chi connectivity index (χ0) is 17.5. The molecule has 6 rings (SSSR count). The molecule has 0 radical (unpaired) electrons. The van der Waals surface area contributed by atoms with Gasteiger partial charge in [-0.3, -0.25) is 4.79 Å². The predicted octanol–water partition coefficient (Wildman–Crippen LogP) is 4.07. The first kappa shape index (κ1) is 14.7. The van der Waals surface area contributed by atoms with Crippen LogP contribution in [-0.2, 0) is 10.2 Å². The van der Waals surface area contributed by atoms with Gasteiger partial charge in [0.1, 0.15) is 6.29 Å². The molecular weight excluding hydrogens is 320 g/mol. The fourth-order valence-corrected chi connectivity index (χ4v) is 7.07. The highest BCUT2D eigenvalue weighted by Gasteiger charge is 2.90. The highest BCUT2D eigenvalue weighted by Crippen LogP contribution is 2.88. The predicted molar refractivity (Wildman–Crippen MR) is 98.6 cm³/mol. The first-order valence-electron chi connectivity index (χ1n) is 9.55. The molecule has 2 bridgehead atoms. The molecule has 4 aliphatic rings. The first-order valence-corrected chi connectivity index (χ1v) is 9.55. The van der Waals surface area contributed by atoms with Gasteiger partial charge in [0.15, 0.2) is 5.78 Å². The van der Waals surface area contributed by atoms with E-state index in [2.05, 4.69) is 36.4 Å². The molecule has 0 aromatic heterocycles. The summed E-state index contributed by atoms with van der Waals surface area (Å²) >= 11 is 0. The fourth-order valence-electron chi connectivity index (χ4n) is 7.07.